The van der Waals surface area contributed by atoms with Crippen molar-refractivity contribution in [2.24, 2.45) is 0 Å². The van der Waals surface area contributed by atoms with E-state index in [0.29, 0.717) is 6.42 Å². The van der Waals surface area contributed by atoms with E-state index in [2.05, 4.69) is 11.8 Å². The molecule has 0 aliphatic heterocycles. The van der Waals surface area contributed by atoms with Crippen molar-refractivity contribution in [2.45, 2.75) is 26.7 Å². The van der Waals surface area contributed by atoms with E-state index in [-0.39, 0.29) is 5.78 Å². The molecule has 0 aromatic heterocycles. The molecule has 0 aliphatic rings. The minimum absolute atomic E-state index is 0.240. The summed E-state index contributed by atoms with van der Waals surface area (Å²) in [6.07, 6.45) is 1.55. The van der Waals surface area contributed by atoms with Crippen LogP contribution in [0.15, 0.2) is 24.3 Å². The van der Waals surface area contributed by atoms with Crippen LogP contribution in [0.25, 0.3) is 0 Å². The number of ketones is 1. The van der Waals surface area contributed by atoms with Crippen LogP contribution in [-0.4, -0.2) is 19.4 Å². The largest absolute Gasteiger partial charge is 0.375 e. The summed E-state index contributed by atoms with van der Waals surface area (Å²) in [6.45, 7) is 5.08. The summed E-state index contributed by atoms with van der Waals surface area (Å²) in [5.74, 6) is 0.240. The summed E-state index contributed by atoms with van der Waals surface area (Å²) >= 11 is 0. The Morgan fingerprint density at radius 1 is 1.33 bits per heavy atom. The molecule has 0 fully saturated rings. The molecule has 0 aliphatic carbocycles. The van der Waals surface area contributed by atoms with Gasteiger partial charge in [0.25, 0.3) is 0 Å². The maximum absolute atomic E-state index is 11.7. The molecular weight excluding hydrogens is 186 g/mol. The molecule has 0 unspecified atom stereocenters. The van der Waals surface area contributed by atoms with Crippen molar-refractivity contribution in [3.05, 3.63) is 29.8 Å². The van der Waals surface area contributed by atoms with Crippen LogP contribution in [-0.2, 0) is 0 Å². The van der Waals surface area contributed by atoms with Gasteiger partial charge in [0.15, 0.2) is 5.78 Å². The van der Waals surface area contributed by atoms with Gasteiger partial charge < -0.3 is 4.90 Å². The van der Waals surface area contributed by atoms with Crippen molar-refractivity contribution in [1.82, 2.24) is 0 Å². The lowest BCUT2D eigenvalue weighted by Crippen LogP contribution is -2.16. The predicted octanol–water partition coefficient (Wildman–Crippen LogP) is 3.13. The zero-order valence-corrected chi connectivity index (χ0v) is 9.79. The Kier molecular flexibility index (Phi) is 4.35. The summed E-state index contributed by atoms with van der Waals surface area (Å²) in [5.41, 5.74) is 1.94. The van der Waals surface area contributed by atoms with Gasteiger partial charge in [0.05, 0.1) is 0 Å². The highest BCUT2D eigenvalue weighted by Gasteiger charge is 2.06. The minimum atomic E-state index is 0.240. The normalized spacial score (nSPS) is 10.1. The smallest absolute Gasteiger partial charge is 0.162 e. The fourth-order valence-corrected chi connectivity index (χ4v) is 1.47. The maximum atomic E-state index is 11.7. The van der Waals surface area contributed by atoms with Gasteiger partial charge >= 0.3 is 0 Å². The fraction of sp³-hybridized carbons (Fsp3) is 0.462. The first-order chi connectivity index (χ1) is 7.19. The van der Waals surface area contributed by atoms with E-state index >= 15 is 0 Å². The summed E-state index contributed by atoms with van der Waals surface area (Å²) in [7, 11) is 2.03. The maximum Gasteiger partial charge on any atom is 0.162 e. The Balaban J connectivity index is 2.87. The third kappa shape index (κ3) is 3.08. The zero-order chi connectivity index (χ0) is 11.3. The lowest BCUT2D eigenvalue weighted by atomic mass is 10.1. The van der Waals surface area contributed by atoms with Crippen molar-refractivity contribution in [3.63, 3.8) is 0 Å². The zero-order valence-electron chi connectivity index (χ0n) is 9.79. The van der Waals surface area contributed by atoms with E-state index in [0.717, 1.165) is 24.2 Å². The molecule has 1 aromatic carbocycles. The molecule has 0 radical (unpaired) electrons. The first-order valence-electron chi connectivity index (χ1n) is 5.53. The van der Waals surface area contributed by atoms with E-state index in [4.69, 9.17) is 0 Å². The number of Topliss-reactive ketones (excluding diaryl/α,β-unsaturated/α-hetero) is 1. The lowest BCUT2D eigenvalue weighted by Gasteiger charge is -2.17. The van der Waals surface area contributed by atoms with Crippen LogP contribution < -0.4 is 4.90 Å². The fourth-order valence-electron chi connectivity index (χ4n) is 1.47. The van der Waals surface area contributed by atoms with Crippen LogP contribution in [0.2, 0.25) is 0 Å². The van der Waals surface area contributed by atoms with Gasteiger partial charge in [-0.3, -0.25) is 4.79 Å². The molecule has 15 heavy (non-hydrogen) atoms. The van der Waals surface area contributed by atoms with E-state index in [9.17, 15) is 4.79 Å². The minimum Gasteiger partial charge on any atom is -0.375 e. The second-order valence-corrected chi connectivity index (χ2v) is 3.74. The van der Waals surface area contributed by atoms with E-state index in [1.807, 2.05) is 38.2 Å². The second-order valence-electron chi connectivity index (χ2n) is 3.74. The SMILES string of the molecule is CCCC(=O)c1cccc(N(C)CC)c1. The summed E-state index contributed by atoms with van der Waals surface area (Å²) < 4.78 is 0. The third-order valence-electron chi connectivity index (χ3n) is 2.56. The number of carbonyl (C=O) groups is 1. The molecule has 1 aromatic rings. The topological polar surface area (TPSA) is 20.3 Å². The average Bonchev–Trinajstić information content (AvgIpc) is 2.28. The van der Waals surface area contributed by atoms with Gasteiger partial charge in [0.2, 0.25) is 0 Å². The summed E-state index contributed by atoms with van der Waals surface area (Å²) in [4.78, 5) is 13.8. The molecule has 2 heteroatoms. The molecule has 0 spiro atoms. The Morgan fingerprint density at radius 3 is 2.67 bits per heavy atom. The second kappa shape index (κ2) is 5.54. The Bertz CT molecular complexity index is 333. The van der Waals surface area contributed by atoms with Crippen LogP contribution >= 0.6 is 0 Å². The van der Waals surface area contributed by atoms with Crippen molar-refractivity contribution >= 4 is 11.5 Å². The number of carbonyl (C=O) groups excluding carboxylic acids is 1. The molecule has 82 valence electrons. The highest BCUT2D eigenvalue weighted by atomic mass is 16.1. The third-order valence-corrected chi connectivity index (χ3v) is 2.56. The van der Waals surface area contributed by atoms with E-state index in [1.165, 1.54) is 0 Å². The highest BCUT2D eigenvalue weighted by molar-refractivity contribution is 5.96. The molecule has 0 saturated heterocycles. The van der Waals surface area contributed by atoms with Crippen molar-refractivity contribution < 1.29 is 4.79 Å². The van der Waals surface area contributed by atoms with E-state index < -0.39 is 0 Å². The Morgan fingerprint density at radius 2 is 2.07 bits per heavy atom. The number of hydrogen-bond acceptors (Lipinski definition) is 2. The van der Waals surface area contributed by atoms with Gasteiger partial charge in [-0.15, -0.1) is 0 Å². The van der Waals surface area contributed by atoms with E-state index in [1.54, 1.807) is 0 Å². The summed E-state index contributed by atoms with van der Waals surface area (Å²) in [6, 6.07) is 7.85. The average molecular weight is 205 g/mol. The molecule has 0 heterocycles. The number of rotatable bonds is 5. The molecule has 2 nitrogen and oxygen atoms in total. The van der Waals surface area contributed by atoms with Crippen LogP contribution in [0.5, 0.6) is 0 Å². The molecular formula is C13H19NO. The monoisotopic (exact) mass is 205 g/mol. The number of nitrogens with zero attached hydrogens (tertiary/aromatic N) is 1. The molecule has 0 bridgehead atoms. The molecule has 0 amide bonds. The first kappa shape index (κ1) is 11.8. The van der Waals surface area contributed by atoms with Gasteiger partial charge in [-0.05, 0) is 25.5 Å². The molecule has 0 saturated carbocycles. The van der Waals surface area contributed by atoms with Gasteiger partial charge in [-0.1, -0.05) is 19.1 Å². The van der Waals surface area contributed by atoms with Gasteiger partial charge in [-0.25, -0.2) is 0 Å². The van der Waals surface area contributed by atoms with Crippen LogP contribution in [0, 0.1) is 0 Å². The number of benzene rings is 1. The number of hydrogen-bond donors (Lipinski definition) is 0. The quantitative estimate of drug-likeness (QED) is 0.688. The lowest BCUT2D eigenvalue weighted by molar-refractivity contribution is 0.0982. The predicted molar refractivity (Wildman–Crippen MR) is 64.6 cm³/mol. The van der Waals surface area contributed by atoms with Crippen molar-refractivity contribution in [1.29, 1.82) is 0 Å². The Hall–Kier alpha value is -1.31. The standard InChI is InChI=1S/C13H19NO/c1-4-7-13(15)11-8-6-9-12(10-11)14(3)5-2/h6,8-10H,4-5,7H2,1-3H3. The first-order valence-corrected chi connectivity index (χ1v) is 5.53. The van der Waals surface area contributed by atoms with Crippen molar-refractivity contribution in [2.75, 3.05) is 18.5 Å². The number of anilines is 1. The molecule has 0 atom stereocenters. The highest BCUT2D eigenvalue weighted by Crippen LogP contribution is 2.16. The molecule has 1 rings (SSSR count). The van der Waals surface area contributed by atoms with Crippen LogP contribution in [0.1, 0.15) is 37.0 Å². The van der Waals surface area contributed by atoms with Crippen LogP contribution in [0.4, 0.5) is 5.69 Å². The van der Waals surface area contributed by atoms with Gasteiger partial charge in [0.1, 0.15) is 0 Å². The molecule has 0 N–H and O–H groups in total. The van der Waals surface area contributed by atoms with Gasteiger partial charge in [0, 0.05) is 31.3 Å². The van der Waals surface area contributed by atoms with Crippen molar-refractivity contribution in [3.8, 4) is 0 Å². The summed E-state index contributed by atoms with van der Waals surface area (Å²) in [5, 5.41) is 0. The Labute approximate surface area is 91.9 Å². The van der Waals surface area contributed by atoms with Crippen LogP contribution in [0.3, 0.4) is 0 Å². The van der Waals surface area contributed by atoms with Gasteiger partial charge in [-0.2, -0.15) is 0 Å².